The highest BCUT2D eigenvalue weighted by Gasteiger charge is 2.18. The Kier molecular flexibility index (Phi) is 4.12. The summed E-state index contributed by atoms with van der Waals surface area (Å²) in [6.07, 6.45) is 7.93. The number of hydrogen-bond acceptors (Lipinski definition) is 4. The maximum Gasteiger partial charge on any atom is 0.356 e. The number of carboxylic acid groups (broad SMARTS) is 1. The molecule has 1 saturated carbocycles. The van der Waals surface area contributed by atoms with Gasteiger partial charge >= 0.3 is 5.97 Å². The van der Waals surface area contributed by atoms with E-state index in [2.05, 4.69) is 22.2 Å². The summed E-state index contributed by atoms with van der Waals surface area (Å²) in [7, 11) is 0. The maximum absolute atomic E-state index is 10.6. The molecule has 1 aromatic heterocycles. The van der Waals surface area contributed by atoms with Crippen molar-refractivity contribution in [1.82, 2.24) is 9.97 Å². The van der Waals surface area contributed by atoms with Gasteiger partial charge < -0.3 is 10.4 Å². The number of carbonyl (C=O) groups is 1. The molecule has 0 radical (unpaired) electrons. The van der Waals surface area contributed by atoms with Gasteiger partial charge in [-0.2, -0.15) is 0 Å². The second kappa shape index (κ2) is 5.80. The molecule has 1 aliphatic rings. The Morgan fingerprint density at radius 3 is 2.89 bits per heavy atom. The quantitative estimate of drug-likeness (QED) is 0.857. The predicted octanol–water partition coefficient (Wildman–Crippen LogP) is 2.41. The lowest BCUT2D eigenvalue weighted by Crippen LogP contribution is -2.21. The minimum Gasteiger partial charge on any atom is -0.476 e. The van der Waals surface area contributed by atoms with E-state index in [1.54, 1.807) is 0 Å². The topological polar surface area (TPSA) is 75.1 Å². The summed E-state index contributed by atoms with van der Waals surface area (Å²) in [4.78, 5) is 18.5. The van der Waals surface area contributed by atoms with E-state index in [1.165, 1.54) is 38.1 Å². The average Bonchev–Trinajstić information content (AvgIpc) is 2.37. The average molecular weight is 249 g/mol. The summed E-state index contributed by atoms with van der Waals surface area (Å²) < 4.78 is 0. The highest BCUT2D eigenvalue weighted by atomic mass is 16.4. The van der Waals surface area contributed by atoms with Gasteiger partial charge in [-0.05, 0) is 24.7 Å². The van der Waals surface area contributed by atoms with E-state index in [1.807, 2.05) is 0 Å². The van der Waals surface area contributed by atoms with E-state index in [0.717, 1.165) is 12.5 Å². The van der Waals surface area contributed by atoms with E-state index < -0.39 is 5.97 Å². The minimum absolute atomic E-state index is 0.0214. The van der Waals surface area contributed by atoms with E-state index >= 15 is 0 Å². The van der Waals surface area contributed by atoms with Gasteiger partial charge in [-0.25, -0.2) is 14.8 Å². The zero-order valence-electron chi connectivity index (χ0n) is 10.6. The molecular formula is C13H19N3O2. The van der Waals surface area contributed by atoms with E-state index in [-0.39, 0.29) is 5.69 Å². The predicted molar refractivity (Wildman–Crippen MR) is 68.6 cm³/mol. The first-order valence-corrected chi connectivity index (χ1v) is 6.44. The van der Waals surface area contributed by atoms with Crippen LogP contribution in [0.3, 0.4) is 0 Å². The fourth-order valence-electron chi connectivity index (χ4n) is 2.52. The van der Waals surface area contributed by atoms with Crippen molar-refractivity contribution in [2.45, 2.75) is 32.6 Å². The maximum atomic E-state index is 10.6. The molecule has 1 aliphatic carbocycles. The van der Waals surface area contributed by atoms with E-state index in [4.69, 9.17) is 5.11 Å². The van der Waals surface area contributed by atoms with Crippen molar-refractivity contribution >= 4 is 11.8 Å². The van der Waals surface area contributed by atoms with Gasteiger partial charge in [0.05, 0.1) is 12.4 Å². The van der Waals surface area contributed by atoms with Crippen molar-refractivity contribution < 1.29 is 9.90 Å². The standard InChI is InChI=1S/C13H19N3O2/c1-9-3-2-4-10(5-9)6-15-12-8-14-11(7-16-12)13(17)18/h7-10H,2-6H2,1H3,(H,15,16)(H,17,18). The molecule has 18 heavy (non-hydrogen) atoms. The summed E-state index contributed by atoms with van der Waals surface area (Å²) in [6.45, 7) is 3.19. The Hall–Kier alpha value is -1.65. The molecule has 0 aliphatic heterocycles. The third-order valence-electron chi connectivity index (χ3n) is 3.49. The number of aromatic carboxylic acids is 1. The van der Waals surface area contributed by atoms with Crippen LogP contribution in [-0.2, 0) is 0 Å². The van der Waals surface area contributed by atoms with E-state index in [9.17, 15) is 4.79 Å². The van der Waals surface area contributed by atoms with Crippen LogP contribution < -0.4 is 5.32 Å². The molecule has 98 valence electrons. The highest BCUT2D eigenvalue weighted by molar-refractivity contribution is 5.84. The second-order valence-electron chi connectivity index (χ2n) is 5.11. The third kappa shape index (κ3) is 3.42. The second-order valence-corrected chi connectivity index (χ2v) is 5.11. The number of nitrogens with one attached hydrogen (secondary N) is 1. The van der Waals surface area contributed by atoms with Crippen LogP contribution >= 0.6 is 0 Å². The molecule has 2 N–H and O–H groups in total. The number of carboxylic acids is 1. The van der Waals surface area contributed by atoms with Gasteiger partial charge in [0.1, 0.15) is 5.82 Å². The third-order valence-corrected chi connectivity index (χ3v) is 3.49. The summed E-state index contributed by atoms with van der Waals surface area (Å²) in [5.74, 6) is 1.11. The van der Waals surface area contributed by atoms with Crippen molar-refractivity contribution in [2.75, 3.05) is 11.9 Å². The largest absolute Gasteiger partial charge is 0.476 e. The fourth-order valence-corrected chi connectivity index (χ4v) is 2.52. The Balaban J connectivity index is 1.84. The van der Waals surface area contributed by atoms with Crippen molar-refractivity contribution in [3.8, 4) is 0 Å². The van der Waals surface area contributed by atoms with Crippen LogP contribution in [0, 0.1) is 11.8 Å². The summed E-state index contributed by atoms with van der Waals surface area (Å²) in [5.41, 5.74) is -0.0214. The van der Waals surface area contributed by atoms with Crippen LogP contribution in [0.2, 0.25) is 0 Å². The summed E-state index contributed by atoms with van der Waals surface area (Å²) in [5, 5.41) is 12.0. The number of rotatable bonds is 4. The molecule has 2 unspecified atom stereocenters. The van der Waals surface area contributed by atoms with Crippen LogP contribution in [0.15, 0.2) is 12.4 Å². The van der Waals surface area contributed by atoms with Gasteiger partial charge in [0.25, 0.3) is 0 Å². The van der Waals surface area contributed by atoms with Crippen molar-refractivity contribution in [3.63, 3.8) is 0 Å². The molecule has 1 aromatic rings. The normalized spacial score (nSPS) is 23.6. The molecule has 1 fully saturated rings. The van der Waals surface area contributed by atoms with Crippen LogP contribution in [-0.4, -0.2) is 27.6 Å². The first-order valence-electron chi connectivity index (χ1n) is 6.44. The molecule has 5 heteroatoms. The Morgan fingerprint density at radius 2 is 2.28 bits per heavy atom. The summed E-state index contributed by atoms with van der Waals surface area (Å²) >= 11 is 0. The van der Waals surface area contributed by atoms with Gasteiger partial charge in [-0.15, -0.1) is 0 Å². The molecule has 0 saturated heterocycles. The zero-order chi connectivity index (χ0) is 13.0. The molecule has 2 atom stereocenters. The van der Waals surface area contributed by atoms with Crippen molar-refractivity contribution in [2.24, 2.45) is 11.8 Å². The van der Waals surface area contributed by atoms with E-state index in [0.29, 0.717) is 11.7 Å². The smallest absolute Gasteiger partial charge is 0.356 e. The van der Waals surface area contributed by atoms with Crippen molar-refractivity contribution in [1.29, 1.82) is 0 Å². The minimum atomic E-state index is -1.05. The van der Waals surface area contributed by atoms with Gasteiger partial charge in [0, 0.05) is 6.54 Å². The summed E-state index contributed by atoms with van der Waals surface area (Å²) in [6, 6.07) is 0. The molecular weight excluding hydrogens is 230 g/mol. The van der Waals surface area contributed by atoms with Crippen LogP contribution in [0.5, 0.6) is 0 Å². The Morgan fingerprint density at radius 1 is 1.44 bits per heavy atom. The van der Waals surface area contributed by atoms with Gasteiger partial charge in [-0.3, -0.25) is 0 Å². The highest BCUT2D eigenvalue weighted by Crippen LogP contribution is 2.28. The molecule has 0 aromatic carbocycles. The first kappa shape index (κ1) is 12.8. The first-order chi connectivity index (χ1) is 8.65. The lowest BCUT2D eigenvalue weighted by molar-refractivity contribution is 0.0690. The lowest BCUT2D eigenvalue weighted by atomic mass is 9.82. The molecule has 0 spiro atoms. The van der Waals surface area contributed by atoms with Gasteiger partial charge in [0.15, 0.2) is 5.69 Å². The molecule has 0 bridgehead atoms. The Labute approximate surface area is 107 Å². The van der Waals surface area contributed by atoms with Crippen LogP contribution in [0.25, 0.3) is 0 Å². The number of aromatic nitrogens is 2. The lowest BCUT2D eigenvalue weighted by Gasteiger charge is -2.26. The monoisotopic (exact) mass is 249 g/mol. The number of nitrogens with zero attached hydrogens (tertiary/aromatic N) is 2. The van der Waals surface area contributed by atoms with Crippen LogP contribution in [0.1, 0.15) is 43.1 Å². The van der Waals surface area contributed by atoms with Crippen molar-refractivity contribution in [3.05, 3.63) is 18.1 Å². The number of hydrogen-bond donors (Lipinski definition) is 2. The van der Waals surface area contributed by atoms with Gasteiger partial charge in [-0.1, -0.05) is 19.8 Å². The van der Waals surface area contributed by atoms with Gasteiger partial charge in [0.2, 0.25) is 0 Å². The molecule has 5 nitrogen and oxygen atoms in total. The Bertz CT molecular complexity index is 405. The fraction of sp³-hybridized carbons (Fsp3) is 0.615. The van der Waals surface area contributed by atoms with Crippen LogP contribution in [0.4, 0.5) is 5.82 Å². The molecule has 0 amide bonds. The molecule has 2 rings (SSSR count). The SMILES string of the molecule is CC1CCCC(CNc2cnc(C(=O)O)cn2)C1. The number of anilines is 1. The molecule has 1 heterocycles. The zero-order valence-corrected chi connectivity index (χ0v) is 10.6.